The fourth-order valence-corrected chi connectivity index (χ4v) is 2.52. The third-order valence-corrected chi connectivity index (χ3v) is 3.80. The van der Waals surface area contributed by atoms with E-state index in [1.165, 1.54) is 7.11 Å². The summed E-state index contributed by atoms with van der Waals surface area (Å²) >= 11 is 5.94. The van der Waals surface area contributed by atoms with E-state index in [4.69, 9.17) is 22.1 Å². The number of hydrogen-bond acceptors (Lipinski definition) is 2. The van der Waals surface area contributed by atoms with Crippen molar-refractivity contribution in [3.63, 3.8) is 0 Å². The number of rotatable bonds is 2. The molecule has 17 heavy (non-hydrogen) atoms. The molecule has 2 nitrogen and oxygen atoms in total. The average Bonchev–Trinajstić information content (AvgIpc) is 2.34. The second kappa shape index (κ2) is 4.83. The van der Waals surface area contributed by atoms with Crippen LogP contribution in [0.4, 0.5) is 4.39 Å². The first-order chi connectivity index (χ1) is 8.05. The van der Waals surface area contributed by atoms with E-state index < -0.39 is 5.67 Å². The molecule has 1 aliphatic rings. The molecule has 2 rings (SSSR count). The Morgan fingerprint density at radius 3 is 2.65 bits per heavy atom. The second-order valence-electron chi connectivity index (χ2n) is 4.65. The minimum absolute atomic E-state index is 0.132. The van der Waals surface area contributed by atoms with Crippen LogP contribution in [-0.4, -0.2) is 13.2 Å². The van der Waals surface area contributed by atoms with Crippen molar-refractivity contribution in [3.05, 3.63) is 28.8 Å². The molecule has 0 saturated heterocycles. The normalized spacial score (nSPS) is 29.1. The summed E-state index contributed by atoms with van der Waals surface area (Å²) in [6.07, 6.45) is 2.39. The fourth-order valence-electron chi connectivity index (χ4n) is 2.32. The lowest BCUT2D eigenvalue weighted by molar-refractivity contribution is 0.0976. The summed E-state index contributed by atoms with van der Waals surface area (Å²) in [6.45, 7) is 0. The average molecular weight is 258 g/mol. The Hall–Kier alpha value is -0.800. The van der Waals surface area contributed by atoms with E-state index in [9.17, 15) is 4.39 Å². The van der Waals surface area contributed by atoms with Gasteiger partial charge in [-0.3, -0.25) is 0 Å². The van der Waals surface area contributed by atoms with Crippen molar-refractivity contribution in [1.29, 1.82) is 0 Å². The summed E-state index contributed by atoms with van der Waals surface area (Å²) in [5.41, 5.74) is 5.16. The molecule has 1 aromatic carbocycles. The lowest BCUT2D eigenvalue weighted by Gasteiger charge is -2.33. The maximum atomic E-state index is 14.8. The molecule has 1 aromatic rings. The summed E-state index contributed by atoms with van der Waals surface area (Å²) < 4.78 is 19.9. The largest absolute Gasteiger partial charge is 0.495 e. The van der Waals surface area contributed by atoms with E-state index in [1.54, 1.807) is 18.2 Å². The molecular weight excluding hydrogens is 241 g/mol. The third kappa shape index (κ3) is 2.55. The standard InChI is InChI=1S/C13H17ClFNO/c1-17-12-8-9(2-3-11(12)14)13(15)6-4-10(16)5-7-13/h2-3,8,10H,4-7,16H2,1H3. The molecule has 1 aliphatic carbocycles. The van der Waals surface area contributed by atoms with Gasteiger partial charge < -0.3 is 10.5 Å². The molecule has 1 fully saturated rings. The van der Waals surface area contributed by atoms with Crippen molar-refractivity contribution in [2.75, 3.05) is 7.11 Å². The molecule has 0 bridgehead atoms. The molecule has 0 spiro atoms. The number of benzene rings is 1. The first-order valence-electron chi connectivity index (χ1n) is 5.84. The number of halogens is 2. The van der Waals surface area contributed by atoms with E-state index in [2.05, 4.69) is 0 Å². The Labute approximate surface area is 106 Å². The van der Waals surface area contributed by atoms with Crippen LogP contribution in [0, 0.1) is 0 Å². The van der Waals surface area contributed by atoms with Gasteiger partial charge in [0.15, 0.2) is 0 Å². The van der Waals surface area contributed by atoms with Crippen molar-refractivity contribution in [2.45, 2.75) is 37.4 Å². The molecule has 0 aromatic heterocycles. The van der Waals surface area contributed by atoms with Gasteiger partial charge in [0, 0.05) is 6.04 Å². The predicted molar refractivity (Wildman–Crippen MR) is 67.2 cm³/mol. The predicted octanol–water partition coefficient (Wildman–Crippen LogP) is 3.41. The Bertz CT molecular complexity index is 402. The highest BCUT2D eigenvalue weighted by Crippen LogP contribution is 2.42. The van der Waals surface area contributed by atoms with Crippen LogP contribution < -0.4 is 10.5 Å². The lowest BCUT2D eigenvalue weighted by atomic mass is 9.79. The summed E-state index contributed by atoms with van der Waals surface area (Å²) in [5, 5.41) is 0.507. The lowest BCUT2D eigenvalue weighted by Crippen LogP contribution is -2.33. The Kier molecular flexibility index (Phi) is 3.59. The highest BCUT2D eigenvalue weighted by atomic mass is 35.5. The molecule has 0 amide bonds. The van der Waals surface area contributed by atoms with Crippen LogP contribution in [0.2, 0.25) is 5.02 Å². The number of hydrogen-bond donors (Lipinski definition) is 1. The first-order valence-corrected chi connectivity index (χ1v) is 6.21. The Balaban J connectivity index is 2.27. The smallest absolute Gasteiger partial charge is 0.137 e. The highest BCUT2D eigenvalue weighted by Gasteiger charge is 2.36. The number of ether oxygens (including phenoxy) is 1. The minimum atomic E-state index is -1.28. The molecule has 0 atom stereocenters. The van der Waals surface area contributed by atoms with Crippen LogP contribution >= 0.6 is 11.6 Å². The van der Waals surface area contributed by atoms with Gasteiger partial charge in [0.25, 0.3) is 0 Å². The Morgan fingerprint density at radius 2 is 2.06 bits per heavy atom. The Morgan fingerprint density at radius 1 is 1.41 bits per heavy atom. The van der Waals surface area contributed by atoms with Crippen LogP contribution in [-0.2, 0) is 5.67 Å². The van der Waals surface area contributed by atoms with Crippen molar-refractivity contribution < 1.29 is 9.13 Å². The number of methoxy groups -OCH3 is 1. The summed E-state index contributed by atoms with van der Waals surface area (Å²) in [6, 6.07) is 5.25. The molecular formula is C13H17ClFNO. The summed E-state index contributed by atoms with van der Waals surface area (Å²) in [7, 11) is 1.53. The van der Waals surface area contributed by atoms with E-state index in [0.29, 0.717) is 29.2 Å². The van der Waals surface area contributed by atoms with Crippen molar-refractivity contribution in [1.82, 2.24) is 0 Å². The summed E-state index contributed by atoms with van der Waals surface area (Å²) in [4.78, 5) is 0. The van der Waals surface area contributed by atoms with Gasteiger partial charge in [-0.25, -0.2) is 4.39 Å². The van der Waals surface area contributed by atoms with Crippen molar-refractivity contribution in [2.24, 2.45) is 5.73 Å². The zero-order valence-corrected chi connectivity index (χ0v) is 10.6. The van der Waals surface area contributed by atoms with E-state index in [1.807, 2.05) is 0 Å². The van der Waals surface area contributed by atoms with Crippen LogP contribution in [0.25, 0.3) is 0 Å². The SMILES string of the molecule is COc1cc(C2(F)CCC(N)CC2)ccc1Cl. The van der Waals surface area contributed by atoms with Gasteiger partial charge in [-0.15, -0.1) is 0 Å². The second-order valence-corrected chi connectivity index (χ2v) is 5.06. The quantitative estimate of drug-likeness (QED) is 0.881. The number of nitrogens with two attached hydrogens (primary N) is 1. The zero-order chi connectivity index (χ0) is 12.5. The first kappa shape index (κ1) is 12.7. The molecule has 0 unspecified atom stereocenters. The molecule has 0 heterocycles. The van der Waals surface area contributed by atoms with Crippen LogP contribution in [0.1, 0.15) is 31.2 Å². The topological polar surface area (TPSA) is 35.2 Å². The highest BCUT2D eigenvalue weighted by molar-refractivity contribution is 6.32. The van der Waals surface area contributed by atoms with Gasteiger partial charge in [0.05, 0.1) is 12.1 Å². The van der Waals surface area contributed by atoms with Crippen LogP contribution in [0.15, 0.2) is 18.2 Å². The van der Waals surface area contributed by atoms with Gasteiger partial charge in [-0.05, 0) is 43.4 Å². The minimum Gasteiger partial charge on any atom is -0.495 e. The number of alkyl halides is 1. The molecule has 1 saturated carbocycles. The van der Waals surface area contributed by atoms with Gasteiger partial charge >= 0.3 is 0 Å². The van der Waals surface area contributed by atoms with Gasteiger partial charge in [-0.2, -0.15) is 0 Å². The van der Waals surface area contributed by atoms with Gasteiger partial charge in [0.1, 0.15) is 11.4 Å². The van der Waals surface area contributed by atoms with Gasteiger partial charge in [-0.1, -0.05) is 17.7 Å². The summed E-state index contributed by atoms with van der Waals surface area (Å²) in [5.74, 6) is 0.524. The van der Waals surface area contributed by atoms with Crippen molar-refractivity contribution >= 4 is 11.6 Å². The molecule has 94 valence electrons. The van der Waals surface area contributed by atoms with Crippen LogP contribution in [0.5, 0.6) is 5.75 Å². The molecule has 2 N–H and O–H groups in total. The fraction of sp³-hybridized carbons (Fsp3) is 0.538. The van der Waals surface area contributed by atoms with Crippen LogP contribution in [0.3, 0.4) is 0 Å². The maximum Gasteiger partial charge on any atom is 0.137 e. The van der Waals surface area contributed by atoms with E-state index in [0.717, 1.165) is 12.8 Å². The molecule has 0 aliphatic heterocycles. The van der Waals surface area contributed by atoms with E-state index >= 15 is 0 Å². The molecule has 4 heteroatoms. The maximum absolute atomic E-state index is 14.8. The molecule has 0 radical (unpaired) electrons. The van der Waals surface area contributed by atoms with Gasteiger partial charge in [0.2, 0.25) is 0 Å². The van der Waals surface area contributed by atoms with Crippen molar-refractivity contribution in [3.8, 4) is 5.75 Å². The zero-order valence-electron chi connectivity index (χ0n) is 9.88. The third-order valence-electron chi connectivity index (χ3n) is 3.49. The monoisotopic (exact) mass is 257 g/mol. The van der Waals surface area contributed by atoms with E-state index in [-0.39, 0.29) is 6.04 Å².